The molecule has 0 saturated carbocycles. The number of non-ortho nitro benzene ring substituents is 1. The molecule has 1 amide bonds. The highest BCUT2D eigenvalue weighted by Gasteiger charge is 2.15. The first kappa shape index (κ1) is 17.6. The molecule has 2 aromatic heterocycles. The molecule has 0 aliphatic heterocycles. The number of aromatic nitrogens is 2. The number of rotatable bonds is 7. The lowest BCUT2D eigenvalue weighted by atomic mass is 10.2. The molecular formula is C18H16N4O3S. The molecule has 2 heterocycles. The summed E-state index contributed by atoms with van der Waals surface area (Å²) in [5, 5.41) is 19.8. The van der Waals surface area contributed by atoms with Crippen LogP contribution in [0.4, 0.5) is 5.69 Å². The third-order valence-corrected chi connectivity index (χ3v) is 4.69. The second-order valence-electron chi connectivity index (χ2n) is 5.44. The fourth-order valence-electron chi connectivity index (χ4n) is 2.41. The minimum atomic E-state index is -0.458. The number of nitrogens with zero attached hydrogens (tertiary/aromatic N) is 3. The van der Waals surface area contributed by atoms with Gasteiger partial charge in [-0.3, -0.25) is 19.6 Å². The van der Waals surface area contributed by atoms with E-state index in [-0.39, 0.29) is 17.6 Å². The minimum Gasteiger partial charge on any atom is -0.350 e. The number of hydrogen-bond acceptors (Lipinski definition) is 5. The van der Waals surface area contributed by atoms with Crippen molar-refractivity contribution in [2.45, 2.75) is 6.04 Å². The van der Waals surface area contributed by atoms with Crippen LogP contribution in [0.3, 0.4) is 0 Å². The normalized spacial score (nSPS) is 12.2. The summed E-state index contributed by atoms with van der Waals surface area (Å²) in [7, 11) is 0. The maximum Gasteiger partial charge on any atom is 0.269 e. The number of amides is 1. The Balaban J connectivity index is 1.61. The first-order chi connectivity index (χ1) is 12.6. The van der Waals surface area contributed by atoms with Gasteiger partial charge in [0.1, 0.15) is 6.04 Å². The molecule has 1 atom stereocenters. The molecule has 0 aliphatic rings. The minimum absolute atomic E-state index is 0.0182. The quantitative estimate of drug-likeness (QED) is 0.394. The first-order valence-corrected chi connectivity index (χ1v) is 8.74. The van der Waals surface area contributed by atoms with Crippen LogP contribution in [0.15, 0.2) is 66.3 Å². The molecule has 3 aromatic rings. The highest BCUT2D eigenvalue weighted by molar-refractivity contribution is 7.10. The number of carbonyl (C=O) groups excluding carboxylic acids is 1. The van der Waals surface area contributed by atoms with Crippen LogP contribution in [-0.4, -0.2) is 27.2 Å². The van der Waals surface area contributed by atoms with E-state index in [9.17, 15) is 14.9 Å². The predicted octanol–water partition coefficient (Wildman–Crippen LogP) is 3.27. The monoisotopic (exact) mass is 368 g/mol. The Bertz CT molecular complexity index is 853. The fraction of sp³-hybridized carbons (Fsp3) is 0.111. The van der Waals surface area contributed by atoms with Crippen molar-refractivity contribution in [2.24, 2.45) is 0 Å². The molecule has 1 aromatic carbocycles. The Morgan fingerprint density at radius 2 is 2.12 bits per heavy atom. The third kappa shape index (κ3) is 4.42. The molecule has 0 bridgehead atoms. The Morgan fingerprint density at radius 1 is 1.31 bits per heavy atom. The molecule has 26 heavy (non-hydrogen) atoms. The summed E-state index contributed by atoms with van der Waals surface area (Å²) in [5.74, 6) is -0.239. The van der Waals surface area contributed by atoms with Gasteiger partial charge in [-0.1, -0.05) is 6.07 Å². The number of nitro groups is 1. The van der Waals surface area contributed by atoms with Crippen molar-refractivity contribution in [2.75, 3.05) is 6.54 Å². The zero-order valence-corrected chi connectivity index (χ0v) is 14.5. The van der Waals surface area contributed by atoms with Gasteiger partial charge < -0.3 is 5.32 Å². The van der Waals surface area contributed by atoms with Crippen molar-refractivity contribution in [3.8, 4) is 0 Å². The lowest BCUT2D eigenvalue weighted by Gasteiger charge is -2.16. The van der Waals surface area contributed by atoms with E-state index in [0.717, 1.165) is 4.88 Å². The zero-order chi connectivity index (χ0) is 18.4. The van der Waals surface area contributed by atoms with E-state index in [4.69, 9.17) is 0 Å². The van der Waals surface area contributed by atoms with Gasteiger partial charge in [-0.05, 0) is 41.3 Å². The van der Waals surface area contributed by atoms with Crippen LogP contribution in [0.25, 0.3) is 6.08 Å². The van der Waals surface area contributed by atoms with Crippen LogP contribution in [0.2, 0.25) is 0 Å². The van der Waals surface area contributed by atoms with Crippen LogP contribution < -0.4 is 5.32 Å². The molecule has 0 spiro atoms. The Morgan fingerprint density at radius 3 is 2.73 bits per heavy atom. The summed E-state index contributed by atoms with van der Waals surface area (Å²) in [6.45, 7) is 0.408. The van der Waals surface area contributed by atoms with Crippen molar-refractivity contribution in [1.82, 2.24) is 15.1 Å². The van der Waals surface area contributed by atoms with Crippen LogP contribution in [0, 0.1) is 10.1 Å². The number of hydrogen-bond donors (Lipinski definition) is 1. The summed E-state index contributed by atoms with van der Waals surface area (Å²) in [6.07, 6.45) is 6.60. The molecule has 0 saturated heterocycles. The van der Waals surface area contributed by atoms with Crippen molar-refractivity contribution in [3.05, 3.63) is 86.9 Å². The number of nitro benzene ring substituents is 1. The van der Waals surface area contributed by atoms with E-state index in [1.54, 1.807) is 35.7 Å². The molecular weight excluding hydrogens is 352 g/mol. The largest absolute Gasteiger partial charge is 0.350 e. The van der Waals surface area contributed by atoms with Crippen LogP contribution >= 0.6 is 11.3 Å². The lowest BCUT2D eigenvalue weighted by molar-refractivity contribution is -0.384. The van der Waals surface area contributed by atoms with Gasteiger partial charge in [0, 0.05) is 42.0 Å². The average molecular weight is 368 g/mol. The topological polar surface area (TPSA) is 90.1 Å². The van der Waals surface area contributed by atoms with Gasteiger partial charge in [-0.25, -0.2) is 0 Å². The van der Waals surface area contributed by atoms with Crippen molar-refractivity contribution in [3.63, 3.8) is 0 Å². The molecule has 0 fully saturated rings. The van der Waals surface area contributed by atoms with Gasteiger partial charge >= 0.3 is 0 Å². The number of benzene rings is 1. The summed E-state index contributed by atoms with van der Waals surface area (Å²) in [4.78, 5) is 23.4. The summed E-state index contributed by atoms with van der Waals surface area (Å²) >= 11 is 1.61. The molecule has 7 nitrogen and oxygen atoms in total. The SMILES string of the molecule is O=C(/C=C/c1ccc([N+](=O)[O-])cc1)NCC(c1cccs1)n1cccn1. The van der Waals surface area contributed by atoms with Crippen molar-refractivity contribution in [1.29, 1.82) is 0 Å². The summed E-state index contributed by atoms with van der Waals surface area (Å²) < 4.78 is 1.81. The number of thiophene rings is 1. The lowest BCUT2D eigenvalue weighted by Crippen LogP contribution is -2.30. The van der Waals surface area contributed by atoms with Crippen LogP contribution in [0.1, 0.15) is 16.5 Å². The van der Waals surface area contributed by atoms with Crippen molar-refractivity contribution >= 4 is 29.0 Å². The number of nitrogens with one attached hydrogen (secondary N) is 1. The predicted molar refractivity (Wildman–Crippen MR) is 99.8 cm³/mol. The molecule has 132 valence electrons. The smallest absolute Gasteiger partial charge is 0.269 e. The van der Waals surface area contributed by atoms with Gasteiger partial charge in [0.15, 0.2) is 0 Å². The van der Waals surface area contributed by atoms with E-state index in [2.05, 4.69) is 10.4 Å². The maximum atomic E-state index is 12.1. The van der Waals surface area contributed by atoms with Crippen molar-refractivity contribution < 1.29 is 9.72 Å². The highest BCUT2D eigenvalue weighted by Crippen LogP contribution is 2.21. The highest BCUT2D eigenvalue weighted by atomic mass is 32.1. The van der Waals surface area contributed by atoms with Gasteiger partial charge in [-0.2, -0.15) is 5.10 Å². The number of carbonyl (C=O) groups is 1. The van der Waals surface area contributed by atoms with Crippen LogP contribution in [0.5, 0.6) is 0 Å². The van der Waals surface area contributed by atoms with Gasteiger partial charge in [-0.15, -0.1) is 11.3 Å². The molecule has 8 heteroatoms. The van der Waals surface area contributed by atoms with Gasteiger partial charge in [0.05, 0.1) is 4.92 Å². The van der Waals surface area contributed by atoms with Gasteiger partial charge in [0.2, 0.25) is 5.91 Å². The molecule has 1 N–H and O–H groups in total. The standard InChI is InChI=1S/C18H16N4O3S/c23-18(9-6-14-4-7-15(8-5-14)22(24)25)19-13-16(17-3-1-12-26-17)21-11-2-10-20-21/h1-12,16H,13H2,(H,19,23)/b9-6+. The first-order valence-electron chi connectivity index (χ1n) is 7.86. The van der Waals surface area contributed by atoms with E-state index in [1.165, 1.54) is 18.2 Å². The van der Waals surface area contributed by atoms with E-state index >= 15 is 0 Å². The molecule has 0 radical (unpaired) electrons. The Labute approximate surface area is 153 Å². The summed E-state index contributed by atoms with van der Waals surface area (Å²) in [5.41, 5.74) is 0.734. The van der Waals surface area contributed by atoms with E-state index in [0.29, 0.717) is 12.1 Å². The molecule has 1 unspecified atom stereocenters. The average Bonchev–Trinajstić information content (AvgIpc) is 3.35. The van der Waals surface area contributed by atoms with E-state index in [1.807, 2.05) is 34.5 Å². The Kier molecular flexibility index (Phi) is 5.55. The molecule has 3 rings (SSSR count). The third-order valence-electron chi connectivity index (χ3n) is 3.72. The molecule has 0 aliphatic carbocycles. The van der Waals surface area contributed by atoms with Crippen LogP contribution in [-0.2, 0) is 4.79 Å². The van der Waals surface area contributed by atoms with E-state index < -0.39 is 4.92 Å². The maximum absolute atomic E-state index is 12.1. The second-order valence-corrected chi connectivity index (χ2v) is 6.42. The summed E-state index contributed by atoms with van der Waals surface area (Å²) in [6, 6.07) is 11.8. The fourth-order valence-corrected chi connectivity index (χ4v) is 3.23. The zero-order valence-electron chi connectivity index (χ0n) is 13.7. The Hall–Kier alpha value is -3.26. The second kappa shape index (κ2) is 8.21. The van der Waals surface area contributed by atoms with Gasteiger partial charge in [0.25, 0.3) is 5.69 Å².